The van der Waals surface area contributed by atoms with Gasteiger partial charge in [0.2, 0.25) is 0 Å². The van der Waals surface area contributed by atoms with Gasteiger partial charge in [-0.25, -0.2) is 4.99 Å². The molecule has 0 saturated heterocycles. The first-order valence-electron chi connectivity index (χ1n) is 12.9. The third-order valence-corrected chi connectivity index (χ3v) is 6.68. The number of allylic oxidation sites excluding steroid dienone is 2. The number of aliphatic hydroxyl groups excluding tert-OH is 1. The lowest BCUT2D eigenvalue weighted by Crippen LogP contribution is -2.52. The minimum atomic E-state index is 0.266. The van der Waals surface area contributed by atoms with Gasteiger partial charge in [-0.3, -0.25) is 4.48 Å². The maximum atomic E-state index is 9.38. The minimum absolute atomic E-state index is 0.266. The van der Waals surface area contributed by atoms with Crippen LogP contribution in [-0.4, -0.2) is 48.2 Å². The molecule has 170 valence electrons. The summed E-state index contributed by atoms with van der Waals surface area (Å²) in [5.41, 5.74) is 0. The predicted octanol–water partition coefficient (Wildman–Crippen LogP) is 7.05. The highest BCUT2D eigenvalue weighted by Gasteiger charge is 2.35. The fraction of sp³-hybridized carbons (Fsp3) is 0.885. The topological polar surface area (TPSA) is 32.6 Å². The Kier molecular flexibility index (Phi) is 16.5. The van der Waals surface area contributed by atoms with Gasteiger partial charge in [0.15, 0.2) is 5.84 Å². The second kappa shape index (κ2) is 18.1. The minimum Gasteiger partial charge on any atom is -0.390 e. The van der Waals surface area contributed by atoms with Crippen LogP contribution in [0.15, 0.2) is 17.1 Å². The first kappa shape index (κ1) is 26.4. The Morgan fingerprint density at radius 3 is 1.90 bits per heavy atom. The van der Waals surface area contributed by atoms with Crippen molar-refractivity contribution in [3.05, 3.63) is 12.2 Å². The lowest BCUT2D eigenvalue weighted by Gasteiger charge is -2.32. The number of nitrogens with zero attached hydrogens (tertiary/aromatic N) is 2. The molecular weight excluding hydrogens is 356 g/mol. The summed E-state index contributed by atoms with van der Waals surface area (Å²) in [6.07, 6.45) is 26.6. The van der Waals surface area contributed by atoms with Crippen LogP contribution in [0.5, 0.6) is 0 Å². The number of amidine groups is 1. The summed E-state index contributed by atoms with van der Waals surface area (Å²) in [6, 6.07) is 0. The Balaban J connectivity index is 1.90. The molecule has 1 rings (SSSR count). The van der Waals surface area contributed by atoms with Crippen LogP contribution in [0.25, 0.3) is 0 Å². The summed E-state index contributed by atoms with van der Waals surface area (Å²) in [5, 5.41) is 9.38. The lowest BCUT2D eigenvalue weighted by molar-refractivity contribution is -0.835. The Hall–Kier alpha value is -0.670. The van der Waals surface area contributed by atoms with Crippen molar-refractivity contribution in [2.75, 3.05) is 32.8 Å². The molecule has 1 N–H and O–H groups in total. The Labute approximate surface area is 182 Å². The number of quaternary nitrogens is 1. The van der Waals surface area contributed by atoms with Gasteiger partial charge in [-0.05, 0) is 26.2 Å². The van der Waals surface area contributed by atoms with E-state index in [2.05, 4.69) is 26.0 Å². The number of likely N-dealkylation sites (N-methyl/N-ethyl adjacent to an activating group) is 1. The lowest BCUT2D eigenvalue weighted by atomic mass is 10.0. The molecule has 29 heavy (non-hydrogen) atoms. The molecule has 3 nitrogen and oxygen atoms in total. The van der Waals surface area contributed by atoms with Crippen molar-refractivity contribution in [2.24, 2.45) is 4.99 Å². The molecule has 0 aromatic carbocycles. The molecule has 0 spiro atoms. The van der Waals surface area contributed by atoms with Gasteiger partial charge in [-0.15, -0.1) is 0 Å². The van der Waals surface area contributed by atoms with Crippen LogP contribution in [0.3, 0.4) is 0 Å². The van der Waals surface area contributed by atoms with Gasteiger partial charge >= 0.3 is 0 Å². The zero-order chi connectivity index (χ0) is 21.0. The third-order valence-electron chi connectivity index (χ3n) is 6.68. The SMILES string of the molecule is CCCCCCCCCCCCCCC/C=C/CCC1=NCC[N+]1(CC)CCO. The van der Waals surface area contributed by atoms with Crippen LogP contribution < -0.4 is 0 Å². The van der Waals surface area contributed by atoms with Crippen LogP contribution in [0.2, 0.25) is 0 Å². The summed E-state index contributed by atoms with van der Waals surface area (Å²) < 4.78 is 0.920. The maximum absolute atomic E-state index is 9.38. The molecule has 0 bridgehead atoms. The number of unbranched alkanes of at least 4 members (excludes halogenated alkanes) is 13. The molecule has 0 aliphatic carbocycles. The van der Waals surface area contributed by atoms with E-state index in [1.165, 1.54) is 95.7 Å². The van der Waals surface area contributed by atoms with E-state index in [4.69, 9.17) is 4.99 Å². The van der Waals surface area contributed by atoms with Crippen LogP contribution in [-0.2, 0) is 0 Å². The van der Waals surface area contributed by atoms with Gasteiger partial charge in [0.1, 0.15) is 13.1 Å². The molecule has 1 aliphatic heterocycles. The quantitative estimate of drug-likeness (QED) is 0.131. The summed E-state index contributed by atoms with van der Waals surface area (Å²) in [4.78, 5) is 4.73. The summed E-state index contributed by atoms with van der Waals surface area (Å²) in [6.45, 7) is 8.68. The molecule has 1 unspecified atom stereocenters. The first-order valence-corrected chi connectivity index (χ1v) is 12.9. The van der Waals surface area contributed by atoms with E-state index in [-0.39, 0.29) is 6.61 Å². The van der Waals surface area contributed by atoms with Crippen molar-refractivity contribution in [3.63, 3.8) is 0 Å². The molecule has 0 aromatic heterocycles. The van der Waals surface area contributed by atoms with Crippen molar-refractivity contribution in [3.8, 4) is 0 Å². The average Bonchev–Trinajstić information content (AvgIpc) is 3.13. The van der Waals surface area contributed by atoms with Gasteiger partial charge in [0.25, 0.3) is 0 Å². The smallest absolute Gasteiger partial charge is 0.198 e. The molecule has 0 aromatic rings. The van der Waals surface area contributed by atoms with E-state index in [9.17, 15) is 5.11 Å². The number of aliphatic imine (C=N–C) groups is 1. The largest absolute Gasteiger partial charge is 0.390 e. The summed E-state index contributed by atoms with van der Waals surface area (Å²) in [7, 11) is 0. The number of aliphatic hydroxyl groups is 1. The Morgan fingerprint density at radius 2 is 1.34 bits per heavy atom. The van der Waals surface area contributed by atoms with Crippen LogP contribution in [0.1, 0.15) is 117 Å². The van der Waals surface area contributed by atoms with Crippen molar-refractivity contribution >= 4 is 5.84 Å². The van der Waals surface area contributed by atoms with Gasteiger partial charge in [-0.1, -0.05) is 96.1 Å². The number of hydrogen-bond acceptors (Lipinski definition) is 2. The molecule has 0 saturated carbocycles. The fourth-order valence-electron chi connectivity index (χ4n) is 4.62. The summed E-state index contributed by atoms with van der Waals surface area (Å²) >= 11 is 0. The molecule has 0 radical (unpaired) electrons. The standard InChI is InChI=1S/C26H51N2O/c1-3-5-6-7-8-9-10-11-12-13-14-15-16-17-18-19-20-21-26-27-22-23-28(26,4-2)24-25-29/h18-19,29H,3-17,20-25H2,1-2H3/q+1/b19-18+. The highest BCUT2D eigenvalue weighted by molar-refractivity contribution is 5.77. The number of hydrogen-bond donors (Lipinski definition) is 1. The van der Waals surface area contributed by atoms with E-state index >= 15 is 0 Å². The molecule has 1 atom stereocenters. The Morgan fingerprint density at radius 1 is 0.793 bits per heavy atom. The van der Waals surface area contributed by atoms with Crippen molar-refractivity contribution in [1.29, 1.82) is 0 Å². The second-order valence-electron chi connectivity index (χ2n) is 8.97. The molecular formula is C26H51N2O+. The maximum Gasteiger partial charge on any atom is 0.198 e. The van der Waals surface area contributed by atoms with Gasteiger partial charge in [0, 0.05) is 6.42 Å². The fourth-order valence-corrected chi connectivity index (χ4v) is 4.62. The Bertz CT molecular complexity index is 432. The van der Waals surface area contributed by atoms with E-state index in [1.54, 1.807) is 0 Å². The van der Waals surface area contributed by atoms with Crippen LogP contribution in [0.4, 0.5) is 0 Å². The third kappa shape index (κ3) is 11.9. The van der Waals surface area contributed by atoms with E-state index in [1.807, 2.05) is 0 Å². The van der Waals surface area contributed by atoms with E-state index < -0.39 is 0 Å². The normalized spacial score (nSPS) is 19.3. The monoisotopic (exact) mass is 407 g/mol. The number of rotatable bonds is 20. The predicted molar refractivity (Wildman–Crippen MR) is 129 cm³/mol. The van der Waals surface area contributed by atoms with Crippen molar-refractivity contribution < 1.29 is 9.59 Å². The van der Waals surface area contributed by atoms with E-state index in [0.29, 0.717) is 0 Å². The van der Waals surface area contributed by atoms with Crippen molar-refractivity contribution in [1.82, 2.24) is 0 Å². The van der Waals surface area contributed by atoms with Gasteiger partial charge in [0.05, 0.1) is 19.7 Å². The highest BCUT2D eigenvalue weighted by atomic mass is 16.3. The van der Waals surface area contributed by atoms with Gasteiger partial charge < -0.3 is 5.11 Å². The van der Waals surface area contributed by atoms with Crippen LogP contribution >= 0.6 is 0 Å². The summed E-state index contributed by atoms with van der Waals surface area (Å²) in [5.74, 6) is 1.31. The zero-order valence-corrected chi connectivity index (χ0v) is 19.8. The second-order valence-corrected chi connectivity index (χ2v) is 8.97. The average molecular weight is 408 g/mol. The molecule has 3 heteroatoms. The first-order chi connectivity index (χ1) is 14.3. The molecule has 1 aliphatic rings. The van der Waals surface area contributed by atoms with Crippen molar-refractivity contribution in [2.45, 2.75) is 117 Å². The van der Waals surface area contributed by atoms with Crippen LogP contribution in [0, 0.1) is 0 Å². The highest BCUT2D eigenvalue weighted by Crippen LogP contribution is 2.18. The van der Waals surface area contributed by atoms with E-state index in [0.717, 1.165) is 43.5 Å². The molecule has 0 amide bonds. The van der Waals surface area contributed by atoms with Gasteiger partial charge in [-0.2, -0.15) is 0 Å². The zero-order valence-electron chi connectivity index (χ0n) is 19.8. The molecule has 1 heterocycles. The molecule has 0 fully saturated rings.